The van der Waals surface area contributed by atoms with Gasteiger partial charge < -0.3 is 5.73 Å². The minimum atomic E-state index is 0.593. The maximum atomic E-state index is 5.62. The van der Waals surface area contributed by atoms with E-state index in [1.54, 1.807) is 11.3 Å². The third-order valence-corrected chi connectivity index (χ3v) is 4.69. The Balaban J connectivity index is 1.88. The number of nitrogens with two attached hydrogens (primary N) is 1. The summed E-state index contributed by atoms with van der Waals surface area (Å²) in [4.78, 5) is 8.85. The summed E-state index contributed by atoms with van der Waals surface area (Å²) in [5.74, 6) is 0.593. The molecule has 2 aromatic heterocycles. The Bertz CT molecular complexity index is 721. The molecule has 2 heterocycles. The fraction of sp³-hybridized carbons (Fsp3) is 0.294. The van der Waals surface area contributed by atoms with Gasteiger partial charge >= 0.3 is 0 Å². The van der Waals surface area contributed by atoms with Gasteiger partial charge in [0, 0.05) is 18.8 Å². The topological polar surface area (TPSA) is 51.8 Å². The van der Waals surface area contributed by atoms with Crippen LogP contribution >= 0.6 is 11.3 Å². The molecule has 0 bridgehead atoms. The number of thiazole rings is 1. The van der Waals surface area contributed by atoms with Gasteiger partial charge in [0.05, 0.1) is 15.2 Å². The summed E-state index contributed by atoms with van der Waals surface area (Å²) >= 11 is 1.79. The van der Waals surface area contributed by atoms with E-state index in [0.717, 1.165) is 24.9 Å². The van der Waals surface area contributed by atoms with Crippen LogP contribution in [0.3, 0.4) is 0 Å². The molecule has 3 aromatic rings. The van der Waals surface area contributed by atoms with Crippen LogP contribution in [-0.4, -0.2) is 16.5 Å². The maximum Gasteiger partial charge on any atom is 0.0941 e. The maximum absolute atomic E-state index is 5.62. The summed E-state index contributed by atoms with van der Waals surface area (Å²) in [7, 11) is 0. The van der Waals surface area contributed by atoms with Gasteiger partial charge in [0.1, 0.15) is 0 Å². The van der Waals surface area contributed by atoms with Crippen molar-refractivity contribution in [1.29, 1.82) is 0 Å². The van der Waals surface area contributed by atoms with Crippen molar-refractivity contribution in [2.45, 2.75) is 19.8 Å². The molecule has 0 spiro atoms. The predicted octanol–water partition coefficient (Wildman–Crippen LogP) is 3.89. The molecule has 0 saturated carbocycles. The molecule has 4 heteroatoms. The molecule has 0 aliphatic rings. The van der Waals surface area contributed by atoms with Crippen molar-refractivity contribution >= 4 is 21.6 Å². The average molecular weight is 297 g/mol. The van der Waals surface area contributed by atoms with Crippen LogP contribution in [0, 0.1) is 5.92 Å². The van der Waals surface area contributed by atoms with Crippen molar-refractivity contribution in [2.24, 2.45) is 11.7 Å². The number of pyridine rings is 1. The first-order chi connectivity index (χ1) is 10.3. The van der Waals surface area contributed by atoms with Gasteiger partial charge in [-0.05, 0) is 54.3 Å². The summed E-state index contributed by atoms with van der Waals surface area (Å²) in [6, 6.07) is 10.5. The van der Waals surface area contributed by atoms with E-state index < -0.39 is 0 Å². The number of rotatable bonds is 5. The second kappa shape index (κ2) is 6.33. The van der Waals surface area contributed by atoms with Crippen LogP contribution in [-0.2, 0) is 6.42 Å². The minimum Gasteiger partial charge on any atom is -0.330 e. The van der Waals surface area contributed by atoms with Crippen LogP contribution in [0.5, 0.6) is 0 Å². The Hall–Kier alpha value is -1.78. The number of hydrogen-bond donors (Lipinski definition) is 1. The Labute approximate surface area is 128 Å². The first-order valence-electron chi connectivity index (χ1n) is 7.26. The molecular weight excluding hydrogens is 278 g/mol. The number of benzene rings is 1. The highest BCUT2D eigenvalue weighted by molar-refractivity contribution is 7.18. The summed E-state index contributed by atoms with van der Waals surface area (Å²) < 4.78 is 1.25. The van der Waals surface area contributed by atoms with E-state index in [1.165, 1.54) is 20.8 Å². The lowest BCUT2D eigenvalue weighted by atomic mass is 10.0. The monoisotopic (exact) mass is 297 g/mol. The number of nitrogens with zero attached hydrogens (tertiary/aromatic N) is 2. The standard InChI is InChI=1S/C17H19N3S/c1-12(4-7-18)10-17-20-15-11-14(2-3-16(15)21-17)13-5-8-19-9-6-13/h2-3,5-6,8-9,11-12H,4,7,10,18H2,1H3. The van der Waals surface area contributed by atoms with E-state index in [4.69, 9.17) is 10.7 Å². The molecule has 2 N–H and O–H groups in total. The first kappa shape index (κ1) is 14.2. The molecule has 1 unspecified atom stereocenters. The van der Waals surface area contributed by atoms with E-state index in [-0.39, 0.29) is 0 Å². The molecule has 1 atom stereocenters. The molecule has 0 aliphatic heterocycles. The van der Waals surface area contributed by atoms with E-state index in [1.807, 2.05) is 24.5 Å². The zero-order chi connectivity index (χ0) is 14.7. The average Bonchev–Trinajstić information content (AvgIpc) is 2.89. The van der Waals surface area contributed by atoms with Gasteiger partial charge in [0.25, 0.3) is 0 Å². The largest absolute Gasteiger partial charge is 0.330 e. The molecule has 0 fully saturated rings. The van der Waals surface area contributed by atoms with Crippen LogP contribution in [0.15, 0.2) is 42.7 Å². The molecule has 0 radical (unpaired) electrons. The van der Waals surface area contributed by atoms with E-state index in [9.17, 15) is 0 Å². The lowest BCUT2D eigenvalue weighted by molar-refractivity contribution is 0.538. The van der Waals surface area contributed by atoms with Crippen LogP contribution in [0.2, 0.25) is 0 Å². The lowest BCUT2D eigenvalue weighted by Crippen LogP contribution is -2.07. The molecular formula is C17H19N3S. The Kier molecular flexibility index (Phi) is 4.27. The van der Waals surface area contributed by atoms with Crippen LogP contribution in [0.25, 0.3) is 21.3 Å². The number of aromatic nitrogens is 2. The quantitative estimate of drug-likeness (QED) is 0.777. The Morgan fingerprint density at radius 3 is 2.71 bits per heavy atom. The molecule has 0 amide bonds. The Morgan fingerprint density at radius 2 is 1.95 bits per heavy atom. The Morgan fingerprint density at radius 1 is 1.14 bits per heavy atom. The molecule has 0 aliphatic carbocycles. The van der Waals surface area contributed by atoms with Gasteiger partial charge in [-0.2, -0.15) is 0 Å². The zero-order valence-electron chi connectivity index (χ0n) is 12.1. The summed E-state index contributed by atoms with van der Waals surface area (Å²) in [5.41, 5.74) is 9.08. The van der Waals surface area contributed by atoms with Gasteiger partial charge in [0.15, 0.2) is 0 Å². The number of hydrogen-bond acceptors (Lipinski definition) is 4. The van der Waals surface area contributed by atoms with Gasteiger partial charge in [0.2, 0.25) is 0 Å². The van der Waals surface area contributed by atoms with Crippen LogP contribution in [0.1, 0.15) is 18.4 Å². The van der Waals surface area contributed by atoms with Crippen molar-refractivity contribution in [1.82, 2.24) is 9.97 Å². The van der Waals surface area contributed by atoms with Gasteiger partial charge in [-0.3, -0.25) is 4.98 Å². The van der Waals surface area contributed by atoms with Crippen molar-refractivity contribution in [2.75, 3.05) is 6.54 Å². The van der Waals surface area contributed by atoms with Crippen LogP contribution in [0.4, 0.5) is 0 Å². The molecule has 1 aromatic carbocycles. The SMILES string of the molecule is CC(CCN)Cc1nc2cc(-c3ccncc3)ccc2s1. The second-order valence-corrected chi connectivity index (χ2v) is 6.53. The van der Waals surface area contributed by atoms with Crippen molar-refractivity contribution in [3.8, 4) is 11.1 Å². The second-order valence-electron chi connectivity index (χ2n) is 5.41. The highest BCUT2D eigenvalue weighted by Crippen LogP contribution is 2.28. The fourth-order valence-electron chi connectivity index (χ4n) is 2.47. The van der Waals surface area contributed by atoms with Crippen molar-refractivity contribution in [3.63, 3.8) is 0 Å². The number of fused-ring (bicyclic) bond motifs is 1. The van der Waals surface area contributed by atoms with Gasteiger partial charge in [-0.25, -0.2) is 4.98 Å². The third kappa shape index (κ3) is 3.28. The lowest BCUT2D eigenvalue weighted by Gasteiger charge is -2.05. The van der Waals surface area contributed by atoms with Crippen molar-refractivity contribution < 1.29 is 0 Å². The van der Waals surface area contributed by atoms with Gasteiger partial charge in [-0.15, -0.1) is 11.3 Å². The normalized spacial score (nSPS) is 12.7. The molecule has 0 saturated heterocycles. The smallest absolute Gasteiger partial charge is 0.0941 e. The highest BCUT2D eigenvalue weighted by atomic mass is 32.1. The summed E-state index contributed by atoms with van der Waals surface area (Å²) in [6.45, 7) is 2.99. The van der Waals surface area contributed by atoms with Crippen molar-refractivity contribution in [3.05, 3.63) is 47.7 Å². The molecule has 21 heavy (non-hydrogen) atoms. The fourth-order valence-corrected chi connectivity index (χ4v) is 3.58. The summed E-state index contributed by atoms with van der Waals surface area (Å²) in [5, 5.41) is 1.21. The van der Waals surface area contributed by atoms with Gasteiger partial charge in [-0.1, -0.05) is 13.0 Å². The first-order valence-corrected chi connectivity index (χ1v) is 8.08. The highest BCUT2D eigenvalue weighted by Gasteiger charge is 2.09. The zero-order valence-corrected chi connectivity index (χ0v) is 12.9. The van der Waals surface area contributed by atoms with E-state index >= 15 is 0 Å². The predicted molar refractivity (Wildman–Crippen MR) is 89.4 cm³/mol. The molecule has 3 rings (SSSR count). The molecule has 108 valence electrons. The van der Waals surface area contributed by atoms with E-state index in [0.29, 0.717) is 5.92 Å². The van der Waals surface area contributed by atoms with E-state index in [2.05, 4.69) is 30.1 Å². The third-order valence-electron chi connectivity index (χ3n) is 3.63. The van der Waals surface area contributed by atoms with Crippen LogP contribution < -0.4 is 5.73 Å². The minimum absolute atomic E-state index is 0.593. The molecule has 3 nitrogen and oxygen atoms in total. The summed E-state index contributed by atoms with van der Waals surface area (Å²) in [6.07, 6.45) is 5.71.